The highest BCUT2D eigenvalue weighted by atomic mass is 16.5. The van der Waals surface area contributed by atoms with Gasteiger partial charge in [0.25, 0.3) is 0 Å². The van der Waals surface area contributed by atoms with Crippen LogP contribution in [0.1, 0.15) is 37.6 Å². The fourth-order valence-corrected chi connectivity index (χ4v) is 2.79. The summed E-state index contributed by atoms with van der Waals surface area (Å²) in [6.07, 6.45) is 0. The number of ether oxygens (including phenoxy) is 1. The second-order valence-corrected chi connectivity index (χ2v) is 6.18. The maximum atomic E-state index is 5.63. The van der Waals surface area contributed by atoms with E-state index in [9.17, 15) is 0 Å². The van der Waals surface area contributed by atoms with E-state index in [0.29, 0.717) is 0 Å². The minimum absolute atomic E-state index is 0.00749. The number of morpholine rings is 1. The monoisotopic (exact) mass is 277 g/mol. The number of nitrogens with zero attached hydrogens (tertiary/aromatic N) is 2. The van der Waals surface area contributed by atoms with Gasteiger partial charge in [-0.2, -0.15) is 0 Å². The van der Waals surface area contributed by atoms with Crippen LogP contribution in [0.5, 0.6) is 0 Å². The van der Waals surface area contributed by atoms with Gasteiger partial charge in [-0.1, -0.05) is 6.92 Å². The van der Waals surface area contributed by atoms with Gasteiger partial charge in [0.05, 0.1) is 18.8 Å². The molecule has 1 N–H and O–H groups in total. The number of nitrogens with one attached hydrogen (secondary N) is 1. The minimum atomic E-state index is -0.00749. The predicted molar refractivity (Wildman–Crippen MR) is 83.3 cm³/mol. The van der Waals surface area contributed by atoms with Gasteiger partial charge in [0.15, 0.2) is 0 Å². The summed E-state index contributed by atoms with van der Waals surface area (Å²) < 4.78 is 5.63. The third-order valence-electron chi connectivity index (χ3n) is 3.91. The van der Waals surface area contributed by atoms with E-state index < -0.39 is 0 Å². The zero-order valence-corrected chi connectivity index (χ0v) is 13.4. The van der Waals surface area contributed by atoms with Crippen molar-refractivity contribution in [2.75, 3.05) is 31.2 Å². The normalized spacial score (nSPS) is 18.4. The predicted octanol–water partition coefficient (Wildman–Crippen LogP) is 2.42. The molecule has 0 spiro atoms. The smallest absolute Gasteiger partial charge is 0.134 e. The Morgan fingerprint density at radius 3 is 2.80 bits per heavy atom. The quantitative estimate of drug-likeness (QED) is 0.917. The van der Waals surface area contributed by atoms with E-state index in [1.165, 1.54) is 11.1 Å². The Balaban J connectivity index is 2.42. The number of aromatic nitrogens is 1. The van der Waals surface area contributed by atoms with Crippen molar-refractivity contribution in [3.63, 3.8) is 0 Å². The maximum absolute atomic E-state index is 5.63. The second kappa shape index (κ2) is 6.10. The van der Waals surface area contributed by atoms with Gasteiger partial charge in [0, 0.05) is 24.3 Å². The van der Waals surface area contributed by atoms with Crippen LogP contribution in [0.25, 0.3) is 0 Å². The Morgan fingerprint density at radius 2 is 2.15 bits per heavy atom. The summed E-state index contributed by atoms with van der Waals surface area (Å²) >= 11 is 0. The lowest BCUT2D eigenvalue weighted by Crippen LogP contribution is -2.54. The first-order valence-corrected chi connectivity index (χ1v) is 7.49. The number of aryl methyl sites for hydroxylation is 2. The van der Waals surface area contributed by atoms with Crippen LogP contribution in [-0.2, 0) is 11.3 Å². The van der Waals surface area contributed by atoms with Gasteiger partial charge in [-0.25, -0.2) is 4.98 Å². The summed E-state index contributed by atoms with van der Waals surface area (Å²) in [5.41, 5.74) is 3.70. The molecule has 2 heterocycles. The van der Waals surface area contributed by atoms with E-state index in [-0.39, 0.29) is 5.54 Å². The number of pyridine rings is 1. The summed E-state index contributed by atoms with van der Waals surface area (Å²) in [6, 6.07) is 2.17. The molecule has 1 aliphatic rings. The molecule has 1 aromatic heterocycles. The average Bonchev–Trinajstić information content (AvgIpc) is 2.36. The SMILES string of the molecule is CCNCc1c(C)cc(C)nc1N1CCOCC1(C)C. The van der Waals surface area contributed by atoms with E-state index in [1.807, 2.05) is 0 Å². The van der Waals surface area contributed by atoms with Crippen molar-refractivity contribution in [2.45, 2.75) is 46.7 Å². The molecular formula is C16H27N3O. The zero-order valence-electron chi connectivity index (χ0n) is 13.4. The Kier molecular flexibility index (Phi) is 4.66. The molecule has 112 valence electrons. The van der Waals surface area contributed by atoms with Gasteiger partial charge in [-0.3, -0.25) is 0 Å². The molecule has 1 saturated heterocycles. The zero-order chi connectivity index (χ0) is 14.8. The van der Waals surface area contributed by atoms with Gasteiger partial charge in [0.2, 0.25) is 0 Å². The summed E-state index contributed by atoms with van der Waals surface area (Å²) in [6.45, 7) is 15.1. The van der Waals surface area contributed by atoms with E-state index in [1.54, 1.807) is 0 Å². The van der Waals surface area contributed by atoms with Crippen LogP contribution in [0.3, 0.4) is 0 Å². The molecule has 0 saturated carbocycles. The summed E-state index contributed by atoms with van der Waals surface area (Å²) in [5, 5.41) is 3.43. The summed E-state index contributed by atoms with van der Waals surface area (Å²) in [7, 11) is 0. The summed E-state index contributed by atoms with van der Waals surface area (Å²) in [5.74, 6) is 1.12. The Hall–Kier alpha value is -1.13. The number of hydrogen-bond donors (Lipinski definition) is 1. The van der Waals surface area contributed by atoms with Gasteiger partial charge in [-0.05, 0) is 45.9 Å². The lowest BCUT2D eigenvalue weighted by atomic mass is 10.00. The topological polar surface area (TPSA) is 37.4 Å². The van der Waals surface area contributed by atoms with Gasteiger partial charge in [0.1, 0.15) is 5.82 Å². The standard InChI is InChI=1S/C16H27N3O/c1-6-17-10-14-12(2)9-13(3)18-15(14)19-7-8-20-11-16(19,4)5/h9,17H,6-8,10-11H2,1-5H3. The highest BCUT2D eigenvalue weighted by molar-refractivity contribution is 5.53. The van der Waals surface area contributed by atoms with E-state index in [0.717, 1.165) is 44.4 Å². The molecule has 0 unspecified atom stereocenters. The fourth-order valence-electron chi connectivity index (χ4n) is 2.79. The Bertz CT molecular complexity index is 471. The number of rotatable bonds is 4. The van der Waals surface area contributed by atoms with Crippen LogP contribution >= 0.6 is 0 Å². The molecule has 0 amide bonds. The van der Waals surface area contributed by atoms with Crippen molar-refractivity contribution >= 4 is 5.82 Å². The lowest BCUT2D eigenvalue weighted by Gasteiger charge is -2.44. The molecule has 0 atom stereocenters. The first-order chi connectivity index (χ1) is 9.45. The van der Waals surface area contributed by atoms with Crippen molar-refractivity contribution in [1.29, 1.82) is 0 Å². The third-order valence-corrected chi connectivity index (χ3v) is 3.91. The molecular weight excluding hydrogens is 250 g/mol. The van der Waals surface area contributed by atoms with Crippen molar-refractivity contribution < 1.29 is 4.74 Å². The van der Waals surface area contributed by atoms with Crippen molar-refractivity contribution in [1.82, 2.24) is 10.3 Å². The molecule has 1 aliphatic heterocycles. The molecule has 0 aromatic carbocycles. The molecule has 0 aliphatic carbocycles. The van der Waals surface area contributed by atoms with Crippen LogP contribution in [-0.4, -0.2) is 36.8 Å². The van der Waals surface area contributed by atoms with Crippen LogP contribution < -0.4 is 10.2 Å². The molecule has 2 rings (SSSR count). The molecule has 20 heavy (non-hydrogen) atoms. The van der Waals surface area contributed by atoms with Crippen LogP contribution in [0.4, 0.5) is 5.82 Å². The number of anilines is 1. The number of hydrogen-bond acceptors (Lipinski definition) is 4. The minimum Gasteiger partial charge on any atom is -0.377 e. The van der Waals surface area contributed by atoms with Crippen LogP contribution in [0, 0.1) is 13.8 Å². The Morgan fingerprint density at radius 1 is 1.40 bits per heavy atom. The van der Waals surface area contributed by atoms with Crippen molar-refractivity contribution in [3.05, 3.63) is 22.9 Å². The largest absolute Gasteiger partial charge is 0.377 e. The average molecular weight is 277 g/mol. The molecule has 4 heteroatoms. The third kappa shape index (κ3) is 3.13. The van der Waals surface area contributed by atoms with E-state index in [4.69, 9.17) is 9.72 Å². The van der Waals surface area contributed by atoms with Gasteiger partial charge < -0.3 is 15.0 Å². The highest BCUT2D eigenvalue weighted by Crippen LogP contribution is 2.30. The lowest BCUT2D eigenvalue weighted by molar-refractivity contribution is 0.0637. The van der Waals surface area contributed by atoms with E-state index >= 15 is 0 Å². The van der Waals surface area contributed by atoms with Crippen LogP contribution in [0.15, 0.2) is 6.07 Å². The maximum Gasteiger partial charge on any atom is 0.134 e. The first kappa shape index (κ1) is 15.3. The second-order valence-electron chi connectivity index (χ2n) is 6.18. The van der Waals surface area contributed by atoms with Gasteiger partial charge in [-0.15, -0.1) is 0 Å². The van der Waals surface area contributed by atoms with E-state index in [2.05, 4.69) is 50.9 Å². The molecule has 4 nitrogen and oxygen atoms in total. The molecule has 0 bridgehead atoms. The van der Waals surface area contributed by atoms with Crippen molar-refractivity contribution in [3.8, 4) is 0 Å². The molecule has 1 aromatic rings. The highest BCUT2D eigenvalue weighted by Gasteiger charge is 2.33. The fraction of sp³-hybridized carbons (Fsp3) is 0.688. The van der Waals surface area contributed by atoms with Crippen LogP contribution in [0.2, 0.25) is 0 Å². The molecule has 0 radical (unpaired) electrons. The summed E-state index contributed by atoms with van der Waals surface area (Å²) in [4.78, 5) is 7.24. The van der Waals surface area contributed by atoms with Gasteiger partial charge >= 0.3 is 0 Å². The first-order valence-electron chi connectivity index (χ1n) is 7.49. The Labute approximate surface area is 122 Å². The molecule has 1 fully saturated rings. The van der Waals surface area contributed by atoms with Crippen molar-refractivity contribution in [2.24, 2.45) is 0 Å².